The monoisotopic (exact) mass is 323 g/mol. The summed E-state index contributed by atoms with van der Waals surface area (Å²) in [5.41, 5.74) is 4.66. The highest BCUT2D eigenvalue weighted by Gasteiger charge is 2.15. The molecule has 0 bridgehead atoms. The maximum atomic E-state index is 12.3. The minimum absolute atomic E-state index is 0.0445. The number of nitrogens with one attached hydrogen (secondary N) is 1. The molecule has 1 amide bonds. The van der Waals surface area contributed by atoms with Gasteiger partial charge >= 0.3 is 0 Å². The van der Waals surface area contributed by atoms with Crippen molar-refractivity contribution in [3.05, 3.63) is 59.2 Å². The van der Waals surface area contributed by atoms with Crippen LogP contribution >= 0.6 is 0 Å². The summed E-state index contributed by atoms with van der Waals surface area (Å²) >= 11 is 0. The van der Waals surface area contributed by atoms with E-state index in [2.05, 4.69) is 31.3 Å². The molecule has 3 rings (SSSR count). The summed E-state index contributed by atoms with van der Waals surface area (Å²) in [4.78, 5) is 12.3. The number of fused-ring (bicyclic) bond motifs is 1. The molecule has 1 aliphatic carbocycles. The number of hydrogen-bond donors (Lipinski definition) is 1. The average Bonchev–Trinajstić information content (AvgIpc) is 2.60. The number of carbonyl (C=O) groups excluding carboxylic acids is 1. The van der Waals surface area contributed by atoms with Gasteiger partial charge in [-0.2, -0.15) is 0 Å². The highest BCUT2D eigenvalue weighted by Crippen LogP contribution is 2.29. The van der Waals surface area contributed by atoms with Gasteiger partial charge in [0.25, 0.3) is 5.91 Å². The predicted molar refractivity (Wildman–Crippen MR) is 97.7 cm³/mol. The fourth-order valence-electron chi connectivity index (χ4n) is 3.33. The molecule has 0 atom stereocenters. The van der Waals surface area contributed by atoms with E-state index in [9.17, 15) is 4.79 Å². The molecule has 2 aromatic carbocycles. The lowest BCUT2D eigenvalue weighted by atomic mass is 9.91. The molecule has 0 heterocycles. The zero-order valence-corrected chi connectivity index (χ0v) is 14.5. The van der Waals surface area contributed by atoms with Crippen molar-refractivity contribution in [1.29, 1.82) is 0 Å². The highest BCUT2D eigenvalue weighted by atomic mass is 16.5. The first-order valence-electron chi connectivity index (χ1n) is 8.77. The van der Waals surface area contributed by atoms with Crippen LogP contribution in [0.1, 0.15) is 49.3 Å². The second-order valence-electron chi connectivity index (χ2n) is 6.68. The number of para-hydroxylation sites is 1. The highest BCUT2D eigenvalue weighted by molar-refractivity contribution is 5.92. The van der Waals surface area contributed by atoms with Gasteiger partial charge in [-0.3, -0.25) is 4.79 Å². The summed E-state index contributed by atoms with van der Waals surface area (Å²) in [6, 6.07) is 14.1. The molecule has 126 valence electrons. The van der Waals surface area contributed by atoms with Gasteiger partial charge in [0.05, 0.1) is 0 Å². The fraction of sp³-hybridized carbons (Fsp3) is 0.381. The third-order valence-corrected chi connectivity index (χ3v) is 4.57. The Morgan fingerprint density at radius 2 is 1.88 bits per heavy atom. The summed E-state index contributed by atoms with van der Waals surface area (Å²) < 4.78 is 5.83. The lowest BCUT2D eigenvalue weighted by Crippen LogP contribution is -2.21. The van der Waals surface area contributed by atoms with Crippen LogP contribution in [0.2, 0.25) is 0 Å². The van der Waals surface area contributed by atoms with Gasteiger partial charge < -0.3 is 10.1 Å². The van der Waals surface area contributed by atoms with Crippen molar-refractivity contribution in [3.63, 3.8) is 0 Å². The van der Waals surface area contributed by atoms with E-state index in [0.717, 1.165) is 29.8 Å². The van der Waals surface area contributed by atoms with Crippen LogP contribution in [0.4, 0.5) is 5.69 Å². The number of ether oxygens (including phenoxy) is 1. The zero-order valence-electron chi connectivity index (χ0n) is 14.5. The molecule has 1 aliphatic rings. The largest absolute Gasteiger partial charge is 0.483 e. The molecule has 0 aromatic heterocycles. The SMILES string of the molecule is CC(C)c1ccccc1NC(=O)COc1cccc2c1CCCC2. The second-order valence-corrected chi connectivity index (χ2v) is 6.68. The van der Waals surface area contributed by atoms with E-state index in [4.69, 9.17) is 4.74 Å². The number of amides is 1. The maximum Gasteiger partial charge on any atom is 0.262 e. The lowest BCUT2D eigenvalue weighted by Gasteiger charge is -2.19. The number of hydrogen-bond acceptors (Lipinski definition) is 2. The topological polar surface area (TPSA) is 38.3 Å². The van der Waals surface area contributed by atoms with Crippen LogP contribution in [-0.4, -0.2) is 12.5 Å². The number of benzene rings is 2. The first-order valence-corrected chi connectivity index (χ1v) is 8.77. The second kappa shape index (κ2) is 7.52. The molecule has 0 unspecified atom stereocenters. The molecular formula is C21H25NO2. The van der Waals surface area contributed by atoms with E-state index in [-0.39, 0.29) is 12.5 Å². The van der Waals surface area contributed by atoms with Gasteiger partial charge in [0.2, 0.25) is 0 Å². The van der Waals surface area contributed by atoms with Crippen LogP contribution in [-0.2, 0) is 17.6 Å². The van der Waals surface area contributed by atoms with Crippen molar-refractivity contribution in [1.82, 2.24) is 0 Å². The molecule has 24 heavy (non-hydrogen) atoms. The van der Waals surface area contributed by atoms with E-state index < -0.39 is 0 Å². The van der Waals surface area contributed by atoms with E-state index in [1.54, 1.807) is 0 Å². The van der Waals surface area contributed by atoms with Gasteiger partial charge in [0, 0.05) is 5.69 Å². The van der Waals surface area contributed by atoms with Crippen LogP contribution in [0.5, 0.6) is 5.75 Å². The fourth-order valence-corrected chi connectivity index (χ4v) is 3.33. The third-order valence-electron chi connectivity index (χ3n) is 4.57. The van der Waals surface area contributed by atoms with Gasteiger partial charge in [0.15, 0.2) is 6.61 Å². The molecule has 0 spiro atoms. The Balaban J connectivity index is 1.65. The quantitative estimate of drug-likeness (QED) is 0.865. The van der Waals surface area contributed by atoms with E-state index in [0.29, 0.717) is 5.92 Å². The Hall–Kier alpha value is -2.29. The number of aryl methyl sites for hydroxylation is 1. The maximum absolute atomic E-state index is 12.3. The summed E-state index contributed by atoms with van der Waals surface area (Å²) in [5.74, 6) is 1.11. The predicted octanol–water partition coefficient (Wildman–Crippen LogP) is 4.71. The van der Waals surface area contributed by atoms with E-state index >= 15 is 0 Å². The van der Waals surface area contributed by atoms with Gasteiger partial charge in [-0.1, -0.05) is 44.2 Å². The van der Waals surface area contributed by atoms with Crippen LogP contribution < -0.4 is 10.1 Å². The van der Waals surface area contributed by atoms with Crippen LogP contribution in [0, 0.1) is 0 Å². The number of rotatable bonds is 5. The molecule has 3 nitrogen and oxygen atoms in total. The van der Waals surface area contributed by atoms with E-state index in [1.807, 2.05) is 30.3 Å². The number of carbonyl (C=O) groups is 1. The molecule has 3 heteroatoms. The Labute approximate surface area is 144 Å². The standard InChI is InChI=1S/C21H25NO2/c1-15(2)17-10-5-6-12-19(17)22-21(23)14-24-20-13-7-9-16-8-3-4-11-18(16)20/h5-7,9-10,12-13,15H,3-4,8,11,14H2,1-2H3,(H,22,23). The first kappa shape index (κ1) is 16.6. The van der Waals surface area contributed by atoms with Gasteiger partial charge in [0.1, 0.15) is 5.75 Å². The molecule has 2 aromatic rings. The van der Waals surface area contributed by atoms with Crippen LogP contribution in [0.3, 0.4) is 0 Å². The molecule has 1 N–H and O–H groups in total. The van der Waals surface area contributed by atoms with Crippen LogP contribution in [0.25, 0.3) is 0 Å². The van der Waals surface area contributed by atoms with Crippen LogP contribution in [0.15, 0.2) is 42.5 Å². The Morgan fingerprint density at radius 1 is 1.08 bits per heavy atom. The lowest BCUT2D eigenvalue weighted by molar-refractivity contribution is -0.118. The van der Waals surface area contributed by atoms with Crippen molar-refractivity contribution in [2.45, 2.75) is 45.4 Å². The molecule has 0 aliphatic heterocycles. The summed E-state index contributed by atoms with van der Waals surface area (Å²) in [7, 11) is 0. The van der Waals surface area contributed by atoms with Gasteiger partial charge in [-0.15, -0.1) is 0 Å². The van der Waals surface area contributed by atoms with Crippen molar-refractivity contribution in [2.75, 3.05) is 11.9 Å². The minimum atomic E-state index is -0.114. The average molecular weight is 323 g/mol. The van der Waals surface area contributed by atoms with Crippen molar-refractivity contribution in [3.8, 4) is 5.75 Å². The number of anilines is 1. The molecular weight excluding hydrogens is 298 g/mol. The normalized spacial score (nSPS) is 13.5. The summed E-state index contributed by atoms with van der Waals surface area (Å²) in [5, 5.41) is 2.98. The molecule has 0 radical (unpaired) electrons. The Morgan fingerprint density at radius 3 is 2.71 bits per heavy atom. The van der Waals surface area contributed by atoms with Crippen molar-refractivity contribution in [2.24, 2.45) is 0 Å². The van der Waals surface area contributed by atoms with Gasteiger partial charge in [-0.25, -0.2) is 0 Å². The summed E-state index contributed by atoms with van der Waals surface area (Å²) in [6.45, 7) is 4.29. The van der Waals surface area contributed by atoms with E-state index in [1.165, 1.54) is 24.0 Å². The molecule has 0 saturated carbocycles. The molecule has 0 fully saturated rings. The molecule has 0 saturated heterocycles. The Bertz CT molecular complexity index is 722. The first-order chi connectivity index (χ1) is 11.6. The smallest absolute Gasteiger partial charge is 0.262 e. The third kappa shape index (κ3) is 3.78. The zero-order chi connectivity index (χ0) is 16.9. The Kier molecular flexibility index (Phi) is 5.19. The van der Waals surface area contributed by atoms with Gasteiger partial charge in [-0.05, 0) is 60.4 Å². The minimum Gasteiger partial charge on any atom is -0.483 e. The van der Waals surface area contributed by atoms with Crippen molar-refractivity contribution < 1.29 is 9.53 Å². The summed E-state index contributed by atoms with van der Waals surface area (Å²) in [6.07, 6.45) is 4.59. The van der Waals surface area contributed by atoms with Crippen molar-refractivity contribution >= 4 is 11.6 Å².